The van der Waals surface area contributed by atoms with E-state index in [9.17, 15) is 9.90 Å². The fraction of sp³-hybridized carbons (Fsp3) is 0.938. The fourth-order valence-electron chi connectivity index (χ4n) is 2.52. The van der Waals surface area contributed by atoms with Crippen molar-refractivity contribution >= 4 is 5.91 Å². The molecule has 2 N–H and O–H groups in total. The van der Waals surface area contributed by atoms with Crippen LogP contribution in [0, 0.1) is 17.3 Å². The van der Waals surface area contributed by atoms with Gasteiger partial charge in [0.1, 0.15) is 0 Å². The monoisotopic (exact) mass is 285 g/mol. The summed E-state index contributed by atoms with van der Waals surface area (Å²) >= 11 is 0. The Balaban J connectivity index is 2.16. The summed E-state index contributed by atoms with van der Waals surface area (Å²) in [4.78, 5) is 12.0. The van der Waals surface area contributed by atoms with Crippen LogP contribution in [0.25, 0.3) is 0 Å². The quantitative estimate of drug-likeness (QED) is 0.755. The zero-order valence-corrected chi connectivity index (χ0v) is 13.4. The third-order valence-electron chi connectivity index (χ3n) is 3.98. The molecule has 0 aromatic heterocycles. The molecule has 0 heterocycles. The van der Waals surface area contributed by atoms with Crippen molar-refractivity contribution in [2.75, 3.05) is 19.8 Å². The highest BCUT2D eigenvalue weighted by Gasteiger charge is 2.30. The Bertz CT molecular complexity index is 292. The van der Waals surface area contributed by atoms with E-state index < -0.39 is 6.10 Å². The molecule has 0 spiro atoms. The lowest BCUT2D eigenvalue weighted by Crippen LogP contribution is -2.40. The number of hydrogen-bond acceptors (Lipinski definition) is 3. The van der Waals surface area contributed by atoms with Crippen LogP contribution in [0.1, 0.15) is 53.4 Å². The zero-order valence-electron chi connectivity index (χ0n) is 13.4. The van der Waals surface area contributed by atoms with Gasteiger partial charge in [-0.15, -0.1) is 0 Å². The lowest BCUT2D eigenvalue weighted by atomic mass is 9.73. The normalized spacial score (nSPS) is 20.9. The molecule has 1 amide bonds. The minimum absolute atomic E-state index is 0.0865. The van der Waals surface area contributed by atoms with E-state index in [1.807, 2.05) is 0 Å². The van der Waals surface area contributed by atoms with Crippen molar-refractivity contribution in [3.63, 3.8) is 0 Å². The summed E-state index contributed by atoms with van der Waals surface area (Å²) < 4.78 is 5.36. The maximum atomic E-state index is 12.0. The molecule has 1 saturated carbocycles. The van der Waals surface area contributed by atoms with Crippen LogP contribution in [0.3, 0.4) is 0 Å². The topological polar surface area (TPSA) is 58.6 Å². The first kappa shape index (κ1) is 17.4. The highest BCUT2D eigenvalue weighted by molar-refractivity contribution is 5.78. The highest BCUT2D eigenvalue weighted by Crippen LogP contribution is 2.37. The average Bonchev–Trinajstić information content (AvgIpc) is 2.35. The Kier molecular flexibility index (Phi) is 6.96. The molecule has 1 aliphatic rings. The van der Waals surface area contributed by atoms with Gasteiger partial charge in [-0.3, -0.25) is 4.79 Å². The van der Waals surface area contributed by atoms with Crippen molar-refractivity contribution in [1.29, 1.82) is 0 Å². The second-order valence-corrected chi connectivity index (χ2v) is 7.27. The van der Waals surface area contributed by atoms with Crippen LogP contribution in [-0.2, 0) is 9.53 Å². The third-order valence-corrected chi connectivity index (χ3v) is 3.98. The first-order chi connectivity index (χ1) is 9.30. The molecule has 4 nitrogen and oxygen atoms in total. The molecule has 1 unspecified atom stereocenters. The van der Waals surface area contributed by atoms with E-state index in [0.29, 0.717) is 17.9 Å². The van der Waals surface area contributed by atoms with Gasteiger partial charge < -0.3 is 15.2 Å². The zero-order chi connectivity index (χ0) is 15.2. The summed E-state index contributed by atoms with van der Waals surface area (Å²) in [5.41, 5.74) is 0.376. The van der Waals surface area contributed by atoms with E-state index in [0.717, 1.165) is 25.7 Å². The predicted octanol–water partition coefficient (Wildman–Crippen LogP) is 2.35. The van der Waals surface area contributed by atoms with Crippen molar-refractivity contribution in [3.05, 3.63) is 0 Å². The van der Waals surface area contributed by atoms with Gasteiger partial charge >= 0.3 is 0 Å². The Hall–Kier alpha value is -0.610. The maximum Gasteiger partial charge on any atom is 0.223 e. The Morgan fingerprint density at radius 3 is 2.45 bits per heavy atom. The number of aliphatic hydroxyl groups is 1. The van der Waals surface area contributed by atoms with E-state index in [2.05, 4.69) is 33.0 Å². The number of hydrogen-bond donors (Lipinski definition) is 2. The SMILES string of the molecule is CC(C)COCC(O)CNC(=O)C1CCC(C)(C)CC1. The molecule has 0 aromatic rings. The molecule has 118 valence electrons. The number of carbonyl (C=O) groups excluding carboxylic acids is 1. The number of ether oxygens (including phenoxy) is 1. The van der Waals surface area contributed by atoms with E-state index >= 15 is 0 Å². The molecule has 0 bridgehead atoms. The molecular formula is C16H31NO3. The van der Waals surface area contributed by atoms with Crippen molar-refractivity contribution in [1.82, 2.24) is 5.32 Å². The molecule has 0 radical (unpaired) electrons. The molecule has 1 aliphatic carbocycles. The average molecular weight is 285 g/mol. The molecule has 0 aromatic carbocycles. The van der Waals surface area contributed by atoms with Crippen LogP contribution in [0.15, 0.2) is 0 Å². The largest absolute Gasteiger partial charge is 0.389 e. The lowest BCUT2D eigenvalue weighted by Gasteiger charge is -2.33. The van der Waals surface area contributed by atoms with Gasteiger partial charge in [0.05, 0.1) is 12.7 Å². The van der Waals surface area contributed by atoms with Gasteiger partial charge in [0.2, 0.25) is 5.91 Å². The molecule has 1 rings (SSSR count). The van der Waals surface area contributed by atoms with Gasteiger partial charge in [-0.05, 0) is 37.0 Å². The summed E-state index contributed by atoms with van der Waals surface area (Å²) in [6, 6.07) is 0. The minimum Gasteiger partial charge on any atom is -0.389 e. The van der Waals surface area contributed by atoms with Gasteiger partial charge in [0.25, 0.3) is 0 Å². The molecule has 1 atom stereocenters. The fourth-order valence-corrected chi connectivity index (χ4v) is 2.52. The number of amides is 1. The third kappa shape index (κ3) is 6.71. The van der Waals surface area contributed by atoms with Crippen molar-refractivity contribution < 1.29 is 14.6 Å². The van der Waals surface area contributed by atoms with Crippen LogP contribution in [-0.4, -0.2) is 36.9 Å². The number of aliphatic hydroxyl groups excluding tert-OH is 1. The summed E-state index contributed by atoms with van der Waals surface area (Å²) in [7, 11) is 0. The molecule has 20 heavy (non-hydrogen) atoms. The summed E-state index contributed by atoms with van der Waals surface area (Å²) in [6.45, 7) is 9.88. The van der Waals surface area contributed by atoms with E-state index in [1.54, 1.807) is 0 Å². The first-order valence-electron chi connectivity index (χ1n) is 7.83. The van der Waals surface area contributed by atoms with Crippen LogP contribution in [0.2, 0.25) is 0 Å². The molecule has 1 fully saturated rings. The smallest absolute Gasteiger partial charge is 0.223 e. The summed E-state index contributed by atoms with van der Waals surface area (Å²) in [5, 5.41) is 12.6. The van der Waals surface area contributed by atoms with Gasteiger partial charge in [0.15, 0.2) is 0 Å². The van der Waals surface area contributed by atoms with Gasteiger partial charge in [-0.25, -0.2) is 0 Å². The highest BCUT2D eigenvalue weighted by atomic mass is 16.5. The van der Waals surface area contributed by atoms with Gasteiger partial charge in [-0.2, -0.15) is 0 Å². The summed E-state index contributed by atoms with van der Waals surface area (Å²) in [5.74, 6) is 0.664. The van der Waals surface area contributed by atoms with Crippen molar-refractivity contribution in [2.24, 2.45) is 17.3 Å². The summed E-state index contributed by atoms with van der Waals surface area (Å²) in [6.07, 6.45) is 3.51. The van der Waals surface area contributed by atoms with E-state index in [4.69, 9.17) is 4.74 Å². The van der Waals surface area contributed by atoms with Gasteiger partial charge in [-0.1, -0.05) is 27.7 Å². The van der Waals surface area contributed by atoms with Crippen LogP contribution in [0.5, 0.6) is 0 Å². The van der Waals surface area contributed by atoms with Crippen LogP contribution in [0.4, 0.5) is 0 Å². The Labute approximate surface area is 123 Å². The van der Waals surface area contributed by atoms with Crippen molar-refractivity contribution in [2.45, 2.75) is 59.5 Å². The Morgan fingerprint density at radius 2 is 1.90 bits per heavy atom. The van der Waals surface area contributed by atoms with E-state index in [1.165, 1.54) is 0 Å². The number of nitrogens with one attached hydrogen (secondary N) is 1. The first-order valence-corrected chi connectivity index (χ1v) is 7.83. The van der Waals surface area contributed by atoms with Gasteiger partial charge in [0, 0.05) is 19.1 Å². The molecular weight excluding hydrogens is 254 g/mol. The standard InChI is InChI=1S/C16H31NO3/c1-12(2)10-20-11-14(18)9-17-15(19)13-5-7-16(3,4)8-6-13/h12-14,18H,5-11H2,1-4H3,(H,17,19). The second-order valence-electron chi connectivity index (χ2n) is 7.27. The number of rotatable bonds is 7. The molecule has 4 heteroatoms. The van der Waals surface area contributed by atoms with Crippen molar-refractivity contribution in [3.8, 4) is 0 Å². The van der Waals surface area contributed by atoms with E-state index in [-0.39, 0.29) is 25.0 Å². The minimum atomic E-state index is -0.613. The number of carbonyl (C=O) groups is 1. The molecule has 0 aliphatic heterocycles. The second kappa shape index (κ2) is 7.99. The lowest BCUT2D eigenvalue weighted by molar-refractivity contribution is -0.127. The molecule has 0 saturated heterocycles. The van der Waals surface area contributed by atoms with Crippen LogP contribution < -0.4 is 5.32 Å². The Morgan fingerprint density at radius 1 is 1.30 bits per heavy atom. The van der Waals surface area contributed by atoms with Crippen LogP contribution >= 0.6 is 0 Å². The predicted molar refractivity (Wildman–Crippen MR) is 80.4 cm³/mol. The maximum absolute atomic E-state index is 12.0.